The fourth-order valence-corrected chi connectivity index (χ4v) is 4.84. The minimum Gasteiger partial charge on any atom is -0.492 e. The smallest absolute Gasteiger partial charge is 0.229 e. The van der Waals surface area contributed by atoms with E-state index in [2.05, 4.69) is 4.90 Å². The van der Waals surface area contributed by atoms with Gasteiger partial charge in [0.1, 0.15) is 11.3 Å². The molecule has 0 spiro atoms. The molecule has 0 aliphatic heterocycles. The molecule has 0 N–H and O–H groups in total. The first-order valence-corrected chi connectivity index (χ1v) is 12.0. The number of para-hydroxylation sites is 1. The molecule has 2 aromatic carbocycles. The third kappa shape index (κ3) is 7.26. The zero-order chi connectivity index (χ0) is 21.5. The number of nitrogens with zero attached hydrogens (tertiary/aromatic N) is 3. The van der Waals surface area contributed by atoms with Gasteiger partial charge in [-0.15, -0.1) is 24.2 Å². The lowest BCUT2D eigenvalue weighted by atomic mass is 10.3. The molecular weight excluding hydrogens is 473 g/mol. The van der Waals surface area contributed by atoms with Crippen LogP contribution >= 0.6 is 47.1 Å². The number of thioether (sulfide) groups is 1. The van der Waals surface area contributed by atoms with Crippen LogP contribution in [0.2, 0.25) is 5.02 Å². The second-order valence-electron chi connectivity index (χ2n) is 6.93. The van der Waals surface area contributed by atoms with Crippen LogP contribution in [0, 0.1) is 0 Å². The molecular formula is C22H27Cl2N3O2S2. The molecule has 9 heteroatoms. The fourth-order valence-electron chi connectivity index (χ4n) is 2.85. The first kappa shape index (κ1) is 25.7. The third-order valence-corrected chi connectivity index (χ3v) is 6.68. The number of rotatable bonds is 10. The summed E-state index contributed by atoms with van der Waals surface area (Å²) in [6.07, 6.45) is 0.439. The number of halogens is 2. The normalized spacial score (nSPS) is 10.9. The van der Waals surface area contributed by atoms with Crippen molar-refractivity contribution in [1.82, 2.24) is 9.88 Å². The topological polar surface area (TPSA) is 45.7 Å². The van der Waals surface area contributed by atoms with E-state index in [1.165, 1.54) is 11.3 Å². The van der Waals surface area contributed by atoms with Gasteiger partial charge >= 0.3 is 0 Å². The first-order valence-electron chi connectivity index (χ1n) is 9.83. The lowest BCUT2D eigenvalue weighted by molar-refractivity contribution is -0.118. The minimum atomic E-state index is 0. The van der Waals surface area contributed by atoms with E-state index in [-0.39, 0.29) is 18.3 Å². The number of carbonyl (C=O) groups excluding carboxylic acids is 1. The number of carbonyl (C=O) groups is 1. The van der Waals surface area contributed by atoms with Crippen molar-refractivity contribution >= 4 is 68.4 Å². The molecule has 1 heterocycles. The van der Waals surface area contributed by atoms with Gasteiger partial charge in [0.15, 0.2) is 5.13 Å². The molecule has 5 nitrogen and oxygen atoms in total. The highest BCUT2D eigenvalue weighted by molar-refractivity contribution is 7.99. The van der Waals surface area contributed by atoms with E-state index in [4.69, 9.17) is 21.3 Å². The maximum Gasteiger partial charge on any atom is 0.229 e. The van der Waals surface area contributed by atoms with Gasteiger partial charge in [0, 0.05) is 35.2 Å². The number of ether oxygens (including phenoxy) is 1. The summed E-state index contributed by atoms with van der Waals surface area (Å²) in [5, 5.41) is 1.44. The number of amides is 1. The van der Waals surface area contributed by atoms with Gasteiger partial charge in [0.2, 0.25) is 5.91 Å². The summed E-state index contributed by atoms with van der Waals surface area (Å²) in [5.74, 6) is 1.54. The molecule has 3 aromatic rings. The van der Waals surface area contributed by atoms with Gasteiger partial charge in [0.25, 0.3) is 0 Å². The maximum atomic E-state index is 13.1. The number of fused-ring (bicyclic) bond motifs is 1. The molecule has 0 saturated carbocycles. The monoisotopic (exact) mass is 499 g/mol. The van der Waals surface area contributed by atoms with E-state index < -0.39 is 0 Å². The van der Waals surface area contributed by atoms with Crippen LogP contribution in [0.5, 0.6) is 5.75 Å². The van der Waals surface area contributed by atoms with E-state index in [9.17, 15) is 4.79 Å². The highest BCUT2D eigenvalue weighted by Gasteiger charge is 2.21. The van der Waals surface area contributed by atoms with Crippen molar-refractivity contribution in [2.75, 3.05) is 44.4 Å². The van der Waals surface area contributed by atoms with Crippen LogP contribution in [-0.4, -0.2) is 55.3 Å². The SMILES string of the molecule is CCOc1cccc2sc(N(CCN(C)C)C(=O)CCSc3ccc(Cl)cc3)nc12.Cl. The molecule has 0 aliphatic rings. The van der Waals surface area contributed by atoms with E-state index in [0.717, 1.165) is 32.5 Å². The summed E-state index contributed by atoms with van der Waals surface area (Å²) in [6, 6.07) is 13.6. The lowest BCUT2D eigenvalue weighted by Crippen LogP contribution is -2.36. The average Bonchev–Trinajstić information content (AvgIpc) is 3.14. The minimum absolute atomic E-state index is 0. The van der Waals surface area contributed by atoms with Crippen molar-refractivity contribution in [2.45, 2.75) is 18.2 Å². The average molecular weight is 501 g/mol. The van der Waals surface area contributed by atoms with Crippen molar-refractivity contribution < 1.29 is 9.53 Å². The fraction of sp³-hybridized carbons (Fsp3) is 0.364. The van der Waals surface area contributed by atoms with Gasteiger partial charge in [-0.05, 0) is 57.4 Å². The largest absolute Gasteiger partial charge is 0.492 e. The molecule has 0 atom stereocenters. The molecule has 1 aromatic heterocycles. The third-order valence-electron chi connectivity index (χ3n) is 4.37. The Morgan fingerprint density at radius 3 is 2.58 bits per heavy atom. The maximum absolute atomic E-state index is 13.1. The molecule has 0 radical (unpaired) electrons. The molecule has 0 bridgehead atoms. The zero-order valence-electron chi connectivity index (χ0n) is 17.8. The van der Waals surface area contributed by atoms with Crippen LogP contribution in [0.4, 0.5) is 5.13 Å². The van der Waals surface area contributed by atoms with E-state index in [1.807, 2.05) is 68.4 Å². The van der Waals surface area contributed by atoms with Crippen molar-refractivity contribution in [3.8, 4) is 5.75 Å². The van der Waals surface area contributed by atoms with Crippen molar-refractivity contribution in [3.05, 3.63) is 47.5 Å². The Bertz CT molecular complexity index is 981. The standard InChI is InChI=1S/C22H26ClN3O2S2.ClH/c1-4-28-18-6-5-7-19-21(18)24-22(30-19)26(14-13-25(2)3)20(27)12-15-29-17-10-8-16(23)9-11-17;/h5-11H,4,12-15H2,1-3H3;1H. The Balaban J connectivity index is 0.00000341. The van der Waals surface area contributed by atoms with Gasteiger partial charge in [-0.25, -0.2) is 4.98 Å². The molecule has 0 saturated heterocycles. The molecule has 3 rings (SSSR count). The molecule has 168 valence electrons. The van der Waals surface area contributed by atoms with Crippen LogP contribution in [0.3, 0.4) is 0 Å². The summed E-state index contributed by atoms with van der Waals surface area (Å²) in [7, 11) is 4.01. The van der Waals surface area contributed by atoms with Gasteiger partial charge in [-0.2, -0.15) is 0 Å². The van der Waals surface area contributed by atoms with E-state index in [0.29, 0.717) is 30.3 Å². The van der Waals surface area contributed by atoms with Gasteiger partial charge in [-0.1, -0.05) is 29.0 Å². The molecule has 0 unspecified atom stereocenters. The van der Waals surface area contributed by atoms with Crippen LogP contribution in [0.15, 0.2) is 47.4 Å². The number of likely N-dealkylation sites (N-methyl/N-ethyl adjacent to an activating group) is 1. The van der Waals surface area contributed by atoms with Crippen molar-refractivity contribution in [1.29, 1.82) is 0 Å². The van der Waals surface area contributed by atoms with E-state index >= 15 is 0 Å². The van der Waals surface area contributed by atoms with E-state index in [1.54, 1.807) is 11.8 Å². The number of thiazole rings is 1. The van der Waals surface area contributed by atoms with Crippen LogP contribution in [0.25, 0.3) is 10.2 Å². The quantitative estimate of drug-likeness (QED) is 0.327. The number of aromatic nitrogens is 1. The zero-order valence-corrected chi connectivity index (χ0v) is 21.0. The first-order chi connectivity index (χ1) is 14.5. The number of hydrogen-bond acceptors (Lipinski definition) is 6. The number of anilines is 1. The molecule has 0 aliphatic carbocycles. The van der Waals surface area contributed by atoms with Crippen LogP contribution in [-0.2, 0) is 4.79 Å². The summed E-state index contributed by atoms with van der Waals surface area (Å²) >= 11 is 9.13. The predicted molar refractivity (Wildman–Crippen MR) is 136 cm³/mol. The van der Waals surface area contributed by atoms with Crippen molar-refractivity contribution in [2.24, 2.45) is 0 Å². The summed E-state index contributed by atoms with van der Waals surface area (Å²) in [5.41, 5.74) is 0.817. The molecule has 31 heavy (non-hydrogen) atoms. The Morgan fingerprint density at radius 1 is 1.16 bits per heavy atom. The second kappa shape index (κ2) is 12.5. The summed E-state index contributed by atoms with van der Waals surface area (Å²) in [6.45, 7) is 3.90. The highest BCUT2D eigenvalue weighted by Crippen LogP contribution is 2.34. The Labute approximate surface area is 203 Å². The van der Waals surface area contributed by atoms with Crippen LogP contribution < -0.4 is 9.64 Å². The van der Waals surface area contributed by atoms with Gasteiger partial charge in [0.05, 0.1) is 11.3 Å². The lowest BCUT2D eigenvalue weighted by Gasteiger charge is -2.22. The summed E-state index contributed by atoms with van der Waals surface area (Å²) < 4.78 is 6.74. The second-order valence-corrected chi connectivity index (χ2v) is 9.55. The predicted octanol–water partition coefficient (Wildman–Crippen LogP) is 5.85. The summed E-state index contributed by atoms with van der Waals surface area (Å²) in [4.78, 5) is 22.8. The van der Waals surface area contributed by atoms with Crippen LogP contribution in [0.1, 0.15) is 13.3 Å². The number of hydrogen-bond donors (Lipinski definition) is 0. The molecule has 1 amide bonds. The Kier molecular flexibility index (Phi) is 10.4. The van der Waals surface area contributed by atoms with Gasteiger partial charge in [-0.3, -0.25) is 9.69 Å². The Hall–Kier alpha value is -1.51. The Morgan fingerprint density at radius 2 is 1.90 bits per heavy atom. The van der Waals surface area contributed by atoms with Gasteiger partial charge < -0.3 is 9.64 Å². The molecule has 0 fully saturated rings. The highest BCUT2D eigenvalue weighted by atomic mass is 35.5. The number of benzene rings is 2. The van der Waals surface area contributed by atoms with Crippen molar-refractivity contribution in [3.63, 3.8) is 0 Å².